The van der Waals surface area contributed by atoms with E-state index in [1.807, 2.05) is 49.7 Å². The van der Waals surface area contributed by atoms with Gasteiger partial charge in [-0.2, -0.15) is 0 Å². The van der Waals surface area contributed by atoms with Crippen LogP contribution in [0.3, 0.4) is 0 Å². The molecule has 0 bridgehead atoms. The van der Waals surface area contributed by atoms with E-state index in [4.69, 9.17) is 0 Å². The van der Waals surface area contributed by atoms with E-state index in [1.54, 1.807) is 0 Å². The minimum Gasteiger partial charge on any atom is -0.327 e. The van der Waals surface area contributed by atoms with E-state index in [9.17, 15) is 4.79 Å². The Morgan fingerprint density at radius 1 is 1.22 bits per heavy atom. The lowest BCUT2D eigenvalue weighted by Gasteiger charge is -2.01. The van der Waals surface area contributed by atoms with E-state index >= 15 is 0 Å². The lowest BCUT2D eigenvalue weighted by atomic mass is 10.2. The second kappa shape index (κ2) is 7.20. The van der Waals surface area contributed by atoms with Crippen molar-refractivity contribution >= 4 is 56.2 Å². The monoisotopic (exact) mass is 399 g/mol. The number of aryl methyl sites for hydroxylation is 1. The van der Waals surface area contributed by atoms with E-state index in [2.05, 4.69) is 30.7 Å². The number of carbonyl (C=O) groups excluding carboxylic acids is 1. The number of rotatable bonds is 5. The van der Waals surface area contributed by atoms with Crippen LogP contribution >= 0.6 is 23.1 Å². The number of benzene rings is 1. The van der Waals surface area contributed by atoms with Crippen molar-refractivity contribution in [2.45, 2.75) is 24.9 Å². The number of amides is 1. The first-order valence-corrected chi connectivity index (χ1v) is 10.2. The molecule has 1 amide bonds. The fourth-order valence-electron chi connectivity index (χ4n) is 2.66. The van der Waals surface area contributed by atoms with Crippen LogP contribution in [-0.2, 0) is 11.8 Å². The Morgan fingerprint density at radius 2 is 2.04 bits per heavy atom. The maximum Gasteiger partial charge on any atom is 0.236 e. The Hall–Kier alpha value is -2.59. The highest BCUT2D eigenvalue weighted by Crippen LogP contribution is 2.26. The first-order valence-electron chi connectivity index (χ1n) is 8.37. The highest BCUT2D eigenvalue weighted by atomic mass is 32.2. The van der Waals surface area contributed by atoms with Gasteiger partial charge in [-0.1, -0.05) is 55.1 Å². The average Bonchev–Trinajstić information content (AvgIpc) is 3.24. The minimum atomic E-state index is -0.174. The summed E-state index contributed by atoms with van der Waals surface area (Å²) < 4.78 is 1.98. The van der Waals surface area contributed by atoms with Gasteiger partial charge in [0.05, 0.1) is 11.3 Å². The summed E-state index contributed by atoms with van der Waals surface area (Å²) in [5.74, 6) is 0.287. The van der Waals surface area contributed by atoms with Gasteiger partial charge in [-0.25, -0.2) is 4.98 Å². The van der Waals surface area contributed by atoms with E-state index in [0.717, 1.165) is 27.1 Å². The molecule has 0 aliphatic heterocycles. The summed E-state index contributed by atoms with van der Waals surface area (Å²) in [6.07, 6.45) is 0. The molecule has 0 aliphatic carbocycles. The number of fused-ring (bicyclic) bond motifs is 3. The van der Waals surface area contributed by atoms with Crippen LogP contribution in [0.1, 0.15) is 24.8 Å². The molecule has 0 atom stereocenters. The fraction of sp³-hybridized carbons (Fsp3) is 0.294. The Labute approximate surface area is 163 Å². The summed E-state index contributed by atoms with van der Waals surface area (Å²) in [7, 11) is 1.95. The third kappa shape index (κ3) is 3.50. The lowest BCUT2D eigenvalue weighted by molar-refractivity contribution is -0.113. The molecule has 0 saturated heterocycles. The van der Waals surface area contributed by atoms with Gasteiger partial charge < -0.3 is 4.57 Å². The Bertz CT molecular complexity index is 1130. The maximum absolute atomic E-state index is 12.2. The van der Waals surface area contributed by atoms with Gasteiger partial charge in [0.15, 0.2) is 5.65 Å². The van der Waals surface area contributed by atoms with Crippen LogP contribution in [0, 0.1) is 0 Å². The molecule has 27 heavy (non-hydrogen) atoms. The maximum atomic E-state index is 12.2. The average molecular weight is 400 g/mol. The van der Waals surface area contributed by atoms with Crippen molar-refractivity contribution in [2.24, 2.45) is 7.05 Å². The Morgan fingerprint density at radius 3 is 2.81 bits per heavy atom. The van der Waals surface area contributed by atoms with Crippen molar-refractivity contribution in [3.8, 4) is 0 Å². The zero-order valence-electron chi connectivity index (χ0n) is 15.0. The predicted molar refractivity (Wildman–Crippen MR) is 107 cm³/mol. The number of nitrogens with zero attached hydrogens (tertiary/aromatic N) is 6. The van der Waals surface area contributed by atoms with Gasteiger partial charge in [-0.15, -0.1) is 20.4 Å². The molecule has 10 heteroatoms. The molecule has 4 rings (SSSR count). The van der Waals surface area contributed by atoms with Crippen molar-refractivity contribution in [1.29, 1.82) is 0 Å². The van der Waals surface area contributed by atoms with E-state index in [0.29, 0.717) is 10.3 Å². The highest BCUT2D eigenvalue weighted by Gasteiger charge is 2.14. The van der Waals surface area contributed by atoms with Crippen LogP contribution in [0.4, 0.5) is 5.13 Å². The van der Waals surface area contributed by atoms with Crippen LogP contribution in [0.2, 0.25) is 0 Å². The van der Waals surface area contributed by atoms with E-state index in [-0.39, 0.29) is 17.6 Å². The molecule has 0 saturated carbocycles. The van der Waals surface area contributed by atoms with Crippen LogP contribution in [0.25, 0.3) is 22.1 Å². The standard InChI is InChI=1S/C17H17N7OS2/c1-9(2)15-21-23-17(27-15)18-12(25)8-26-16-19-14-13(20-22-16)10-6-4-5-7-11(10)24(14)3/h4-7,9H,8H2,1-3H3,(H,18,23,25). The summed E-state index contributed by atoms with van der Waals surface area (Å²) in [5, 5.41) is 22.2. The van der Waals surface area contributed by atoms with E-state index < -0.39 is 0 Å². The van der Waals surface area contributed by atoms with Gasteiger partial charge in [-0.05, 0) is 6.07 Å². The summed E-state index contributed by atoms with van der Waals surface area (Å²) in [4.78, 5) is 16.7. The van der Waals surface area contributed by atoms with Crippen molar-refractivity contribution in [2.75, 3.05) is 11.1 Å². The Kier molecular flexibility index (Phi) is 4.75. The Balaban J connectivity index is 1.47. The molecular weight excluding hydrogens is 382 g/mol. The van der Waals surface area contributed by atoms with Crippen LogP contribution < -0.4 is 5.32 Å². The third-order valence-corrected chi connectivity index (χ3v) is 5.98. The topological polar surface area (TPSA) is 98.5 Å². The molecule has 0 aliphatic rings. The normalized spacial score (nSPS) is 11.6. The zero-order chi connectivity index (χ0) is 19.0. The smallest absolute Gasteiger partial charge is 0.236 e. The van der Waals surface area contributed by atoms with Crippen molar-refractivity contribution < 1.29 is 4.79 Å². The molecule has 0 radical (unpaired) electrons. The summed E-state index contributed by atoms with van der Waals surface area (Å²) >= 11 is 2.63. The van der Waals surface area contributed by atoms with Crippen LogP contribution in [0.15, 0.2) is 29.4 Å². The summed E-state index contributed by atoms with van der Waals surface area (Å²) in [6, 6.07) is 7.97. The van der Waals surface area contributed by atoms with Crippen molar-refractivity contribution in [3.63, 3.8) is 0 Å². The fourth-order valence-corrected chi connectivity index (χ4v) is 4.00. The highest BCUT2D eigenvalue weighted by molar-refractivity contribution is 7.99. The number of hydrogen-bond donors (Lipinski definition) is 1. The molecule has 4 aromatic rings. The van der Waals surface area contributed by atoms with Gasteiger partial charge in [0.2, 0.25) is 16.2 Å². The third-order valence-electron chi connectivity index (χ3n) is 4.00. The number of hydrogen-bond acceptors (Lipinski definition) is 8. The molecule has 1 N–H and O–H groups in total. The number of anilines is 1. The van der Waals surface area contributed by atoms with Gasteiger partial charge >= 0.3 is 0 Å². The number of aromatic nitrogens is 6. The molecule has 1 aromatic carbocycles. The van der Waals surface area contributed by atoms with Crippen molar-refractivity contribution in [3.05, 3.63) is 29.3 Å². The van der Waals surface area contributed by atoms with Gasteiger partial charge in [-0.3, -0.25) is 10.1 Å². The van der Waals surface area contributed by atoms with Gasteiger partial charge in [0.1, 0.15) is 10.5 Å². The number of nitrogens with one attached hydrogen (secondary N) is 1. The van der Waals surface area contributed by atoms with Crippen LogP contribution in [0.5, 0.6) is 0 Å². The second-order valence-electron chi connectivity index (χ2n) is 6.28. The number of thioether (sulfide) groups is 1. The molecule has 0 spiro atoms. The molecular formula is C17H17N7OS2. The molecule has 138 valence electrons. The molecule has 3 aromatic heterocycles. The molecule has 0 fully saturated rings. The number of carbonyl (C=O) groups is 1. The quantitative estimate of drug-likeness (QED) is 0.514. The minimum absolute atomic E-state index is 0.174. The first-order chi connectivity index (χ1) is 13.0. The van der Waals surface area contributed by atoms with Gasteiger partial charge in [0.25, 0.3) is 0 Å². The largest absolute Gasteiger partial charge is 0.327 e. The van der Waals surface area contributed by atoms with Crippen molar-refractivity contribution in [1.82, 2.24) is 29.9 Å². The van der Waals surface area contributed by atoms with Crippen LogP contribution in [-0.4, -0.2) is 41.6 Å². The molecule has 0 unspecified atom stereocenters. The molecule has 8 nitrogen and oxygen atoms in total. The molecule has 3 heterocycles. The predicted octanol–water partition coefficient (Wildman–Crippen LogP) is 3.22. The SMILES string of the molecule is CC(C)c1nnc(NC(=O)CSc2nnc3c4ccccc4n(C)c3n2)s1. The van der Waals surface area contributed by atoms with E-state index in [1.165, 1.54) is 23.1 Å². The zero-order valence-corrected chi connectivity index (χ0v) is 16.6. The lowest BCUT2D eigenvalue weighted by Crippen LogP contribution is -2.14. The summed E-state index contributed by atoms with van der Waals surface area (Å²) in [6.45, 7) is 4.07. The summed E-state index contributed by atoms with van der Waals surface area (Å²) in [5.41, 5.74) is 2.56. The first kappa shape index (κ1) is 17.8. The second-order valence-corrected chi connectivity index (χ2v) is 8.23. The number of para-hydroxylation sites is 1. The van der Waals surface area contributed by atoms with Gasteiger partial charge in [0, 0.05) is 18.4 Å².